The maximum absolute atomic E-state index is 5.99. The lowest BCUT2D eigenvalue weighted by Crippen LogP contribution is -2.25. The van der Waals surface area contributed by atoms with Crippen LogP contribution in [0.2, 0.25) is 5.02 Å². The van der Waals surface area contributed by atoms with Crippen LogP contribution in [0.25, 0.3) is 0 Å². The largest absolute Gasteiger partial charge is 0.303 e. The van der Waals surface area contributed by atoms with Crippen LogP contribution in [0.4, 0.5) is 0 Å². The lowest BCUT2D eigenvalue weighted by Gasteiger charge is -2.23. The van der Waals surface area contributed by atoms with E-state index < -0.39 is 0 Å². The van der Waals surface area contributed by atoms with Crippen molar-refractivity contribution < 1.29 is 0 Å². The summed E-state index contributed by atoms with van der Waals surface area (Å²) in [5.41, 5.74) is 3.75. The van der Waals surface area contributed by atoms with Crippen molar-refractivity contribution in [3.63, 3.8) is 0 Å². The highest BCUT2D eigenvalue weighted by Gasteiger charge is 2.17. The van der Waals surface area contributed by atoms with Crippen molar-refractivity contribution in [3.05, 3.63) is 52.3 Å². The number of benzene rings is 1. The van der Waals surface area contributed by atoms with Gasteiger partial charge in [-0.15, -0.1) is 0 Å². The lowest BCUT2D eigenvalue weighted by molar-refractivity contribution is 0.438. The Bertz CT molecular complexity index is 574. The van der Waals surface area contributed by atoms with E-state index in [1.54, 1.807) is 0 Å². The van der Waals surface area contributed by atoms with Crippen molar-refractivity contribution in [3.8, 4) is 0 Å². The van der Waals surface area contributed by atoms with Gasteiger partial charge in [-0.3, -0.25) is 4.68 Å². The lowest BCUT2D eigenvalue weighted by atomic mass is 10.00. The fourth-order valence-electron chi connectivity index (χ4n) is 2.66. The molecule has 0 bridgehead atoms. The summed E-state index contributed by atoms with van der Waals surface area (Å²) in [5, 5.41) is 8.84. The number of hydrogen-bond acceptors (Lipinski definition) is 2. The molecule has 21 heavy (non-hydrogen) atoms. The van der Waals surface area contributed by atoms with Crippen LogP contribution in [0.15, 0.2) is 30.5 Å². The number of nitrogens with zero attached hydrogens (tertiary/aromatic N) is 2. The third-order valence-corrected chi connectivity index (χ3v) is 4.29. The van der Waals surface area contributed by atoms with Crippen LogP contribution in [0.3, 0.4) is 0 Å². The Labute approximate surface area is 132 Å². The van der Waals surface area contributed by atoms with E-state index in [4.69, 9.17) is 11.6 Å². The van der Waals surface area contributed by atoms with Crippen molar-refractivity contribution in [2.24, 2.45) is 7.05 Å². The van der Waals surface area contributed by atoms with E-state index in [9.17, 15) is 0 Å². The SMILES string of the molecule is CCCC(NC(C)c1cnn(C)c1C)c1ccc(Cl)cc1. The van der Waals surface area contributed by atoms with Gasteiger partial charge in [-0.2, -0.15) is 5.10 Å². The highest BCUT2D eigenvalue weighted by molar-refractivity contribution is 6.30. The molecule has 2 rings (SSSR count). The Morgan fingerprint density at radius 2 is 1.95 bits per heavy atom. The molecule has 0 radical (unpaired) electrons. The molecule has 0 aliphatic carbocycles. The van der Waals surface area contributed by atoms with Crippen molar-refractivity contribution in [2.45, 2.75) is 45.7 Å². The van der Waals surface area contributed by atoms with Crippen LogP contribution >= 0.6 is 11.6 Å². The van der Waals surface area contributed by atoms with E-state index in [0.717, 1.165) is 17.9 Å². The molecule has 4 heteroatoms. The van der Waals surface area contributed by atoms with Crippen molar-refractivity contribution in [1.29, 1.82) is 0 Å². The molecule has 2 aromatic rings. The maximum atomic E-state index is 5.99. The summed E-state index contributed by atoms with van der Waals surface area (Å²) in [6.45, 7) is 6.52. The number of nitrogens with one attached hydrogen (secondary N) is 1. The number of rotatable bonds is 6. The first-order valence-corrected chi connectivity index (χ1v) is 7.90. The van der Waals surface area contributed by atoms with Gasteiger partial charge in [0.2, 0.25) is 0 Å². The molecule has 1 heterocycles. The van der Waals surface area contributed by atoms with Gasteiger partial charge in [0.25, 0.3) is 0 Å². The second-order valence-corrected chi connectivity index (χ2v) is 6.03. The first-order valence-electron chi connectivity index (χ1n) is 7.53. The normalized spacial score (nSPS) is 14.1. The molecule has 0 saturated heterocycles. The van der Waals surface area contributed by atoms with Crippen LogP contribution in [-0.4, -0.2) is 9.78 Å². The van der Waals surface area contributed by atoms with Crippen LogP contribution in [0, 0.1) is 6.92 Å². The molecular formula is C17H24ClN3. The maximum Gasteiger partial charge on any atom is 0.0540 e. The molecule has 114 valence electrons. The molecule has 0 fully saturated rings. The number of halogens is 1. The molecule has 0 aliphatic heterocycles. The summed E-state index contributed by atoms with van der Waals surface area (Å²) in [6.07, 6.45) is 4.20. The predicted molar refractivity (Wildman–Crippen MR) is 88.6 cm³/mol. The highest BCUT2D eigenvalue weighted by atomic mass is 35.5. The minimum Gasteiger partial charge on any atom is -0.303 e. The topological polar surface area (TPSA) is 29.9 Å². The fourth-order valence-corrected chi connectivity index (χ4v) is 2.79. The number of aromatic nitrogens is 2. The van der Waals surface area contributed by atoms with E-state index in [2.05, 4.69) is 43.3 Å². The second-order valence-electron chi connectivity index (χ2n) is 5.59. The van der Waals surface area contributed by atoms with Crippen LogP contribution in [0.1, 0.15) is 55.6 Å². The van der Waals surface area contributed by atoms with Crippen molar-refractivity contribution in [1.82, 2.24) is 15.1 Å². The van der Waals surface area contributed by atoms with E-state index in [0.29, 0.717) is 6.04 Å². The van der Waals surface area contributed by atoms with E-state index in [1.165, 1.54) is 16.8 Å². The fraction of sp³-hybridized carbons (Fsp3) is 0.471. The molecule has 2 atom stereocenters. The molecule has 2 unspecified atom stereocenters. The first-order chi connectivity index (χ1) is 10.0. The van der Waals surface area contributed by atoms with E-state index in [-0.39, 0.29) is 6.04 Å². The molecule has 0 saturated carbocycles. The van der Waals surface area contributed by atoms with Gasteiger partial charge in [0.15, 0.2) is 0 Å². The molecule has 1 N–H and O–H groups in total. The third-order valence-electron chi connectivity index (χ3n) is 4.04. The van der Waals surface area contributed by atoms with E-state index >= 15 is 0 Å². The van der Waals surface area contributed by atoms with Crippen LogP contribution in [0.5, 0.6) is 0 Å². The summed E-state index contributed by atoms with van der Waals surface area (Å²) < 4.78 is 1.92. The minimum atomic E-state index is 0.269. The Kier molecular flexibility index (Phi) is 5.43. The second kappa shape index (κ2) is 7.10. The average molecular weight is 306 g/mol. The smallest absolute Gasteiger partial charge is 0.0540 e. The number of aryl methyl sites for hydroxylation is 1. The zero-order chi connectivity index (χ0) is 15.4. The van der Waals surface area contributed by atoms with Gasteiger partial charge >= 0.3 is 0 Å². The highest BCUT2D eigenvalue weighted by Crippen LogP contribution is 2.25. The molecule has 3 nitrogen and oxygen atoms in total. The van der Waals surface area contributed by atoms with Crippen molar-refractivity contribution >= 4 is 11.6 Å². The molecule has 0 aliphatic rings. The summed E-state index contributed by atoms with van der Waals surface area (Å²) in [4.78, 5) is 0. The summed E-state index contributed by atoms with van der Waals surface area (Å²) >= 11 is 5.99. The molecule has 0 spiro atoms. The van der Waals surface area contributed by atoms with Crippen LogP contribution < -0.4 is 5.32 Å². The zero-order valence-electron chi connectivity index (χ0n) is 13.2. The van der Waals surface area contributed by atoms with Gasteiger partial charge in [0.1, 0.15) is 0 Å². The first kappa shape index (κ1) is 16.1. The van der Waals surface area contributed by atoms with Crippen molar-refractivity contribution in [2.75, 3.05) is 0 Å². The molecule has 1 aromatic heterocycles. The van der Waals surface area contributed by atoms with Gasteiger partial charge in [-0.25, -0.2) is 0 Å². The van der Waals surface area contributed by atoms with Gasteiger partial charge in [-0.05, 0) is 38.0 Å². The molecule has 1 aromatic carbocycles. The zero-order valence-corrected chi connectivity index (χ0v) is 14.0. The summed E-state index contributed by atoms with van der Waals surface area (Å²) in [7, 11) is 1.98. The van der Waals surface area contributed by atoms with E-state index in [1.807, 2.05) is 30.1 Å². The summed E-state index contributed by atoms with van der Waals surface area (Å²) in [6, 6.07) is 8.74. The van der Waals surface area contributed by atoms with Gasteiger partial charge in [-0.1, -0.05) is 37.1 Å². The minimum absolute atomic E-state index is 0.269. The van der Waals surface area contributed by atoms with Gasteiger partial charge in [0, 0.05) is 35.4 Å². The summed E-state index contributed by atoms with van der Waals surface area (Å²) in [5.74, 6) is 0. The monoisotopic (exact) mass is 305 g/mol. The Balaban J connectivity index is 2.16. The Morgan fingerprint density at radius 1 is 1.29 bits per heavy atom. The van der Waals surface area contributed by atoms with Crippen LogP contribution in [-0.2, 0) is 7.05 Å². The Morgan fingerprint density at radius 3 is 2.48 bits per heavy atom. The quantitative estimate of drug-likeness (QED) is 0.847. The number of hydrogen-bond donors (Lipinski definition) is 1. The van der Waals surface area contributed by atoms with Gasteiger partial charge in [0.05, 0.1) is 6.20 Å². The van der Waals surface area contributed by atoms with Gasteiger partial charge < -0.3 is 5.32 Å². The average Bonchev–Trinajstić information content (AvgIpc) is 2.79. The third kappa shape index (κ3) is 3.86. The predicted octanol–water partition coefficient (Wildman–Crippen LogP) is 4.57. The molecular weight excluding hydrogens is 282 g/mol. The molecule has 0 amide bonds. The standard InChI is InChI=1S/C17H24ClN3/c1-5-6-17(14-7-9-15(18)10-8-14)20-12(2)16-11-19-21(4)13(16)3/h7-12,17,20H,5-6H2,1-4H3. The Hall–Kier alpha value is -1.32.